The van der Waals surface area contributed by atoms with Gasteiger partial charge in [-0.15, -0.1) is 36.4 Å². The Bertz CT molecular complexity index is 804. The normalized spacial score (nSPS) is 41.1. The van der Waals surface area contributed by atoms with E-state index in [-0.39, 0.29) is 54.7 Å². The Morgan fingerprint density at radius 1 is 1.03 bits per heavy atom. The first-order valence-corrected chi connectivity index (χ1v) is 13.4. The number of piperidine rings is 1. The first-order chi connectivity index (χ1) is 16.9. The van der Waals surface area contributed by atoms with E-state index in [2.05, 4.69) is 20.7 Å². The summed E-state index contributed by atoms with van der Waals surface area (Å²) in [5, 5.41) is 19.3. The Hall–Kier alpha value is -0.850. The molecule has 0 aromatic rings. The van der Waals surface area contributed by atoms with Gasteiger partial charge in [-0.2, -0.15) is 0 Å². The van der Waals surface area contributed by atoms with Gasteiger partial charge in [-0.3, -0.25) is 19.6 Å². The van der Waals surface area contributed by atoms with Crippen LogP contribution < -0.4 is 16.0 Å². The van der Waals surface area contributed by atoms with E-state index < -0.39 is 35.7 Å². The number of aliphatic hydroxyl groups is 1. The SMILES string of the molecule is O=C(COC1CCC(Cl)C(Cl)C1)NC12CCC(NC(=O)C3CCC(OC(F)(F)F)NC3)(CC1)C[C@@H]2O. The van der Waals surface area contributed by atoms with Crippen molar-refractivity contribution in [1.29, 1.82) is 0 Å². The highest BCUT2D eigenvalue weighted by Gasteiger charge is 2.55. The first kappa shape index (κ1) is 28.2. The molecule has 8 nitrogen and oxygen atoms in total. The van der Waals surface area contributed by atoms with Crippen molar-refractivity contribution in [3.05, 3.63) is 0 Å². The molecular weight excluding hydrogens is 526 g/mol. The summed E-state index contributed by atoms with van der Waals surface area (Å²) in [6, 6.07) is 0. The predicted octanol–water partition coefficient (Wildman–Crippen LogP) is 2.68. The van der Waals surface area contributed by atoms with Gasteiger partial charge in [-0.05, 0) is 64.2 Å². The molecular formula is C23H34Cl2F3N3O5. The molecule has 5 unspecified atom stereocenters. The van der Waals surface area contributed by atoms with E-state index in [4.69, 9.17) is 27.9 Å². The molecule has 36 heavy (non-hydrogen) atoms. The second-order valence-electron chi connectivity index (χ2n) is 10.7. The van der Waals surface area contributed by atoms with Crippen LogP contribution in [-0.2, 0) is 19.1 Å². The molecule has 0 spiro atoms. The molecule has 0 radical (unpaired) electrons. The standard InChI is InChI=1S/C23H34Cl2F3N3O5/c24-15-3-2-14(9-16(15)25)35-12-18(33)30-22-7-5-21(6-8-22,10-17(22)32)31-20(34)13-1-4-19(29-11-13)36-23(26,27)28/h13-17,19,29,32H,1-12H2,(H,30,33)(H,31,34)/t13?,14?,15?,16?,17-,19?,21?,22?/m0/s1. The number of rotatable bonds is 7. The average molecular weight is 560 g/mol. The number of hydrogen-bond acceptors (Lipinski definition) is 6. The van der Waals surface area contributed by atoms with E-state index in [0.717, 1.165) is 12.8 Å². The molecule has 5 aliphatic rings. The highest BCUT2D eigenvalue weighted by Crippen LogP contribution is 2.47. The van der Waals surface area contributed by atoms with E-state index in [1.165, 1.54) is 0 Å². The Labute approximate surface area is 218 Å². The van der Waals surface area contributed by atoms with Crippen LogP contribution in [0.2, 0.25) is 0 Å². The van der Waals surface area contributed by atoms with Crippen LogP contribution in [-0.4, -0.2) is 76.7 Å². The number of hydrogen-bond donors (Lipinski definition) is 4. The van der Waals surface area contributed by atoms with Crippen molar-refractivity contribution in [1.82, 2.24) is 16.0 Å². The van der Waals surface area contributed by atoms with Crippen LogP contribution in [0.3, 0.4) is 0 Å². The molecule has 1 saturated heterocycles. The van der Waals surface area contributed by atoms with Crippen molar-refractivity contribution in [2.75, 3.05) is 13.2 Å². The first-order valence-electron chi connectivity index (χ1n) is 12.6. The number of amides is 2. The maximum Gasteiger partial charge on any atom is 0.524 e. The van der Waals surface area contributed by atoms with Crippen molar-refractivity contribution >= 4 is 35.0 Å². The van der Waals surface area contributed by atoms with Crippen molar-refractivity contribution < 1.29 is 37.3 Å². The molecule has 6 atom stereocenters. The third kappa shape index (κ3) is 6.77. The summed E-state index contributed by atoms with van der Waals surface area (Å²) >= 11 is 12.3. The summed E-state index contributed by atoms with van der Waals surface area (Å²) in [5.74, 6) is -1.01. The molecule has 2 amide bonds. The van der Waals surface area contributed by atoms with Crippen LogP contribution in [0.15, 0.2) is 0 Å². The van der Waals surface area contributed by atoms with Crippen LogP contribution in [0, 0.1) is 5.92 Å². The van der Waals surface area contributed by atoms with Gasteiger partial charge in [-0.25, -0.2) is 0 Å². The lowest BCUT2D eigenvalue weighted by Crippen LogP contribution is -2.70. The second-order valence-corrected chi connectivity index (χ2v) is 11.8. The minimum absolute atomic E-state index is 0.0727. The summed E-state index contributed by atoms with van der Waals surface area (Å²) in [6.45, 7) is -0.0342. The lowest BCUT2D eigenvalue weighted by Gasteiger charge is -2.56. The van der Waals surface area contributed by atoms with E-state index in [1.54, 1.807) is 0 Å². The smallest absolute Gasteiger partial charge is 0.391 e. The number of nitrogens with one attached hydrogen (secondary N) is 3. The molecule has 5 rings (SSSR count). The Morgan fingerprint density at radius 2 is 1.75 bits per heavy atom. The molecule has 1 aliphatic heterocycles. The molecule has 4 saturated carbocycles. The largest absolute Gasteiger partial charge is 0.524 e. The van der Waals surface area contributed by atoms with E-state index in [9.17, 15) is 27.9 Å². The summed E-state index contributed by atoms with van der Waals surface area (Å²) in [5.41, 5.74) is -1.35. The van der Waals surface area contributed by atoms with Crippen molar-refractivity contribution in [2.45, 2.75) is 111 Å². The fraction of sp³-hybridized carbons (Fsp3) is 0.913. The Morgan fingerprint density at radius 3 is 2.33 bits per heavy atom. The molecule has 4 N–H and O–H groups in total. The molecule has 13 heteroatoms. The number of aliphatic hydroxyl groups excluding tert-OH is 1. The van der Waals surface area contributed by atoms with Crippen LogP contribution in [0.4, 0.5) is 13.2 Å². The highest BCUT2D eigenvalue weighted by atomic mass is 35.5. The van der Waals surface area contributed by atoms with Gasteiger partial charge in [0, 0.05) is 12.1 Å². The quantitative estimate of drug-likeness (QED) is 0.357. The minimum Gasteiger partial charge on any atom is -0.391 e. The lowest BCUT2D eigenvalue weighted by molar-refractivity contribution is -0.348. The number of carbonyl (C=O) groups is 2. The van der Waals surface area contributed by atoms with Crippen molar-refractivity contribution in [3.8, 4) is 0 Å². The van der Waals surface area contributed by atoms with Crippen molar-refractivity contribution in [3.63, 3.8) is 0 Å². The van der Waals surface area contributed by atoms with Crippen LogP contribution in [0.5, 0.6) is 0 Å². The number of alkyl halides is 5. The van der Waals surface area contributed by atoms with Gasteiger partial charge >= 0.3 is 6.36 Å². The Balaban J connectivity index is 1.23. The number of ether oxygens (including phenoxy) is 2. The summed E-state index contributed by atoms with van der Waals surface area (Å²) in [7, 11) is 0. The summed E-state index contributed by atoms with van der Waals surface area (Å²) < 4.78 is 46.9. The van der Waals surface area contributed by atoms with Gasteiger partial charge in [0.1, 0.15) is 12.8 Å². The van der Waals surface area contributed by atoms with E-state index >= 15 is 0 Å². The van der Waals surface area contributed by atoms with Crippen LogP contribution in [0.25, 0.3) is 0 Å². The van der Waals surface area contributed by atoms with E-state index in [1.807, 2.05) is 0 Å². The topological polar surface area (TPSA) is 109 Å². The zero-order valence-corrected chi connectivity index (χ0v) is 21.4. The molecule has 1 heterocycles. The fourth-order valence-corrected chi connectivity index (χ4v) is 6.60. The number of fused-ring (bicyclic) bond motifs is 3. The van der Waals surface area contributed by atoms with Gasteiger partial charge in [0.05, 0.1) is 34.4 Å². The number of halogens is 5. The predicted molar refractivity (Wildman–Crippen MR) is 125 cm³/mol. The molecule has 0 aromatic carbocycles. The fourth-order valence-electron chi connectivity index (χ4n) is 6.04. The van der Waals surface area contributed by atoms with Gasteiger partial charge in [0.25, 0.3) is 0 Å². The average Bonchev–Trinajstić information content (AvgIpc) is 2.80. The zero-order chi connectivity index (χ0) is 26.1. The van der Waals surface area contributed by atoms with Crippen molar-refractivity contribution in [2.24, 2.45) is 5.92 Å². The van der Waals surface area contributed by atoms with Gasteiger partial charge in [0.15, 0.2) is 0 Å². The third-order valence-electron chi connectivity index (χ3n) is 8.21. The maximum atomic E-state index is 12.9. The third-order valence-corrected chi connectivity index (χ3v) is 9.34. The zero-order valence-electron chi connectivity index (χ0n) is 19.9. The van der Waals surface area contributed by atoms with Crippen LogP contribution in [0.1, 0.15) is 64.2 Å². The summed E-state index contributed by atoms with van der Waals surface area (Å²) in [4.78, 5) is 25.5. The Kier molecular flexibility index (Phi) is 8.68. The monoisotopic (exact) mass is 559 g/mol. The number of carbonyl (C=O) groups excluding carboxylic acids is 2. The maximum absolute atomic E-state index is 12.9. The lowest BCUT2D eigenvalue weighted by atomic mass is 9.59. The molecule has 5 fully saturated rings. The highest BCUT2D eigenvalue weighted by molar-refractivity contribution is 6.30. The molecule has 0 aromatic heterocycles. The molecule has 2 bridgehead atoms. The van der Waals surface area contributed by atoms with Crippen LogP contribution >= 0.6 is 23.2 Å². The van der Waals surface area contributed by atoms with Gasteiger partial charge in [0.2, 0.25) is 11.8 Å². The molecule has 4 aliphatic carbocycles. The summed E-state index contributed by atoms with van der Waals surface area (Å²) in [6.07, 6.45) is -1.94. The van der Waals surface area contributed by atoms with Gasteiger partial charge in [-0.1, -0.05) is 0 Å². The molecule has 206 valence electrons. The minimum atomic E-state index is -4.73. The van der Waals surface area contributed by atoms with Gasteiger partial charge < -0.3 is 20.5 Å². The second kappa shape index (κ2) is 11.1. The van der Waals surface area contributed by atoms with E-state index in [0.29, 0.717) is 38.5 Å².